The minimum absolute atomic E-state index is 0.166. The summed E-state index contributed by atoms with van der Waals surface area (Å²) in [5.41, 5.74) is 0.403. The van der Waals surface area contributed by atoms with Crippen LogP contribution < -0.4 is 5.32 Å². The fourth-order valence-corrected chi connectivity index (χ4v) is 2.67. The summed E-state index contributed by atoms with van der Waals surface area (Å²) in [6, 6.07) is 6.06. The number of rotatable bonds is 2. The van der Waals surface area contributed by atoms with Crippen molar-refractivity contribution in [1.82, 2.24) is 5.32 Å². The van der Waals surface area contributed by atoms with E-state index in [1.165, 1.54) is 18.6 Å². The zero-order valence-corrected chi connectivity index (χ0v) is 10.9. The van der Waals surface area contributed by atoms with E-state index >= 15 is 0 Å². The SMILES string of the molecule is CC1CCCC(NC(=O)c2cccc(F)c2)C1C. The molecule has 1 aromatic rings. The van der Waals surface area contributed by atoms with Crippen LogP contribution in [-0.4, -0.2) is 11.9 Å². The highest BCUT2D eigenvalue weighted by Crippen LogP contribution is 2.29. The molecule has 3 heteroatoms. The maximum absolute atomic E-state index is 13.1. The van der Waals surface area contributed by atoms with Crippen LogP contribution in [0.5, 0.6) is 0 Å². The molecule has 1 saturated carbocycles. The number of amides is 1. The van der Waals surface area contributed by atoms with E-state index in [9.17, 15) is 9.18 Å². The Morgan fingerprint density at radius 2 is 2.11 bits per heavy atom. The second kappa shape index (κ2) is 5.51. The molecule has 0 saturated heterocycles. The lowest BCUT2D eigenvalue weighted by Crippen LogP contribution is -2.43. The average molecular weight is 249 g/mol. The van der Waals surface area contributed by atoms with Gasteiger partial charge in [-0.3, -0.25) is 4.79 Å². The Labute approximate surface area is 108 Å². The molecule has 1 fully saturated rings. The van der Waals surface area contributed by atoms with Gasteiger partial charge in [-0.15, -0.1) is 0 Å². The van der Waals surface area contributed by atoms with Crippen LogP contribution in [0.25, 0.3) is 0 Å². The molecule has 0 aromatic heterocycles. The third-order valence-corrected chi connectivity index (χ3v) is 4.11. The normalized spacial score (nSPS) is 27.8. The fraction of sp³-hybridized carbons (Fsp3) is 0.533. The number of hydrogen-bond acceptors (Lipinski definition) is 1. The smallest absolute Gasteiger partial charge is 0.251 e. The van der Waals surface area contributed by atoms with Crippen LogP contribution in [-0.2, 0) is 0 Å². The van der Waals surface area contributed by atoms with Crippen LogP contribution in [0.15, 0.2) is 24.3 Å². The van der Waals surface area contributed by atoms with Crippen molar-refractivity contribution in [3.8, 4) is 0 Å². The summed E-state index contributed by atoms with van der Waals surface area (Å²) >= 11 is 0. The predicted octanol–water partition coefficient (Wildman–Crippen LogP) is 3.38. The van der Waals surface area contributed by atoms with Crippen molar-refractivity contribution in [3.05, 3.63) is 35.6 Å². The Balaban J connectivity index is 2.03. The van der Waals surface area contributed by atoms with Crippen molar-refractivity contribution >= 4 is 5.91 Å². The van der Waals surface area contributed by atoms with Gasteiger partial charge in [0.05, 0.1) is 0 Å². The minimum Gasteiger partial charge on any atom is -0.349 e. The Bertz CT molecular complexity index is 432. The van der Waals surface area contributed by atoms with Gasteiger partial charge in [-0.05, 0) is 36.5 Å². The summed E-state index contributed by atoms with van der Waals surface area (Å²) in [6.45, 7) is 4.41. The van der Waals surface area contributed by atoms with Crippen molar-refractivity contribution < 1.29 is 9.18 Å². The summed E-state index contributed by atoms with van der Waals surface area (Å²) < 4.78 is 13.1. The molecular weight excluding hydrogens is 229 g/mol. The Morgan fingerprint density at radius 1 is 1.33 bits per heavy atom. The lowest BCUT2D eigenvalue weighted by atomic mass is 9.78. The van der Waals surface area contributed by atoms with Gasteiger partial charge in [0.15, 0.2) is 0 Å². The first kappa shape index (κ1) is 13.1. The van der Waals surface area contributed by atoms with Gasteiger partial charge >= 0.3 is 0 Å². The Morgan fingerprint density at radius 3 is 2.83 bits per heavy atom. The molecule has 18 heavy (non-hydrogen) atoms. The molecule has 1 amide bonds. The number of carbonyl (C=O) groups is 1. The van der Waals surface area contributed by atoms with Crippen LogP contribution in [0.1, 0.15) is 43.5 Å². The van der Waals surface area contributed by atoms with Gasteiger partial charge < -0.3 is 5.32 Å². The van der Waals surface area contributed by atoms with E-state index in [1.807, 2.05) is 0 Å². The Hall–Kier alpha value is -1.38. The molecule has 0 bridgehead atoms. The molecule has 0 heterocycles. The number of benzene rings is 1. The zero-order chi connectivity index (χ0) is 13.1. The van der Waals surface area contributed by atoms with Crippen molar-refractivity contribution in [2.45, 2.75) is 39.2 Å². The molecule has 2 nitrogen and oxygen atoms in total. The maximum atomic E-state index is 13.1. The van der Waals surface area contributed by atoms with Gasteiger partial charge in [0, 0.05) is 11.6 Å². The molecule has 3 atom stereocenters. The van der Waals surface area contributed by atoms with Crippen LogP contribution in [0.4, 0.5) is 4.39 Å². The highest BCUT2D eigenvalue weighted by atomic mass is 19.1. The molecule has 1 aliphatic rings. The highest BCUT2D eigenvalue weighted by Gasteiger charge is 2.28. The monoisotopic (exact) mass is 249 g/mol. The first-order valence-corrected chi connectivity index (χ1v) is 6.64. The number of halogens is 1. The zero-order valence-electron chi connectivity index (χ0n) is 10.9. The molecule has 0 aliphatic heterocycles. The van der Waals surface area contributed by atoms with Crippen LogP contribution in [0, 0.1) is 17.7 Å². The second-order valence-electron chi connectivity index (χ2n) is 5.36. The molecule has 1 aromatic carbocycles. The molecule has 0 radical (unpaired) electrons. The molecular formula is C15H20FNO. The molecule has 0 spiro atoms. The average Bonchev–Trinajstić information content (AvgIpc) is 2.35. The predicted molar refractivity (Wildman–Crippen MR) is 69.8 cm³/mol. The van der Waals surface area contributed by atoms with E-state index in [0.717, 1.165) is 12.8 Å². The lowest BCUT2D eigenvalue weighted by Gasteiger charge is -2.34. The molecule has 2 rings (SSSR count). The standard InChI is InChI=1S/C15H20FNO/c1-10-5-3-8-14(11(10)2)17-15(18)12-6-4-7-13(16)9-12/h4,6-7,9-11,14H,3,5,8H2,1-2H3,(H,17,18). The van der Waals surface area contributed by atoms with Gasteiger partial charge in [0.2, 0.25) is 0 Å². The number of hydrogen-bond donors (Lipinski definition) is 1. The van der Waals surface area contributed by atoms with Gasteiger partial charge in [0.1, 0.15) is 5.82 Å². The summed E-state index contributed by atoms with van der Waals surface area (Å²) in [6.07, 6.45) is 3.40. The first-order chi connectivity index (χ1) is 8.58. The molecule has 1 aliphatic carbocycles. The van der Waals surface area contributed by atoms with Gasteiger partial charge in [-0.2, -0.15) is 0 Å². The first-order valence-electron chi connectivity index (χ1n) is 6.64. The second-order valence-corrected chi connectivity index (χ2v) is 5.36. The van der Waals surface area contributed by atoms with Crippen LogP contribution in [0.3, 0.4) is 0 Å². The van der Waals surface area contributed by atoms with Gasteiger partial charge in [-0.25, -0.2) is 4.39 Å². The molecule has 3 unspecified atom stereocenters. The van der Waals surface area contributed by atoms with Crippen molar-refractivity contribution in [3.63, 3.8) is 0 Å². The maximum Gasteiger partial charge on any atom is 0.251 e. The fourth-order valence-electron chi connectivity index (χ4n) is 2.67. The number of carbonyl (C=O) groups excluding carboxylic acids is 1. The topological polar surface area (TPSA) is 29.1 Å². The van der Waals surface area contributed by atoms with E-state index in [4.69, 9.17) is 0 Å². The summed E-state index contributed by atoms with van der Waals surface area (Å²) in [7, 11) is 0. The van der Waals surface area contributed by atoms with Crippen molar-refractivity contribution in [1.29, 1.82) is 0 Å². The minimum atomic E-state index is -0.368. The van der Waals surface area contributed by atoms with Crippen molar-refractivity contribution in [2.24, 2.45) is 11.8 Å². The molecule has 1 N–H and O–H groups in total. The highest BCUT2D eigenvalue weighted by molar-refractivity contribution is 5.94. The van der Waals surface area contributed by atoms with E-state index < -0.39 is 0 Å². The Kier molecular flexibility index (Phi) is 4.00. The van der Waals surface area contributed by atoms with E-state index in [1.54, 1.807) is 12.1 Å². The van der Waals surface area contributed by atoms with E-state index in [-0.39, 0.29) is 17.8 Å². The van der Waals surface area contributed by atoms with Gasteiger partial charge in [0.25, 0.3) is 5.91 Å². The van der Waals surface area contributed by atoms with E-state index in [2.05, 4.69) is 19.2 Å². The lowest BCUT2D eigenvalue weighted by molar-refractivity contribution is 0.0890. The number of nitrogens with one attached hydrogen (secondary N) is 1. The summed E-state index contributed by atoms with van der Waals surface area (Å²) in [4.78, 5) is 12.0. The third kappa shape index (κ3) is 2.89. The van der Waals surface area contributed by atoms with Crippen LogP contribution >= 0.6 is 0 Å². The largest absolute Gasteiger partial charge is 0.349 e. The van der Waals surface area contributed by atoms with Crippen LogP contribution in [0.2, 0.25) is 0 Å². The molecule has 98 valence electrons. The van der Waals surface area contributed by atoms with E-state index in [0.29, 0.717) is 17.4 Å². The van der Waals surface area contributed by atoms with Gasteiger partial charge in [-0.1, -0.05) is 32.8 Å². The quantitative estimate of drug-likeness (QED) is 0.855. The van der Waals surface area contributed by atoms with Crippen molar-refractivity contribution in [2.75, 3.05) is 0 Å². The third-order valence-electron chi connectivity index (χ3n) is 4.11. The summed E-state index contributed by atoms with van der Waals surface area (Å²) in [5.74, 6) is 0.584. The summed E-state index contributed by atoms with van der Waals surface area (Å²) in [5, 5.41) is 3.04.